The Balaban J connectivity index is 1.78. The molecule has 1 aliphatic heterocycles. The Kier molecular flexibility index (Phi) is 5.86. The number of nitrogens with zero attached hydrogens (tertiary/aromatic N) is 2. The van der Waals surface area contributed by atoms with Crippen molar-refractivity contribution in [2.75, 3.05) is 13.2 Å². The van der Waals surface area contributed by atoms with E-state index < -0.39 is 0 Å². The molecule has 140 valence electrons. The molecule has 0 spiro atoms. The molecule has 1 N–H and O–H groups in total. The molecule has 1 aromatic heterocycles. The molecule has 0 unspecified atom stereocenters. The minimum absolute atomic E-state index is 0.102. The third-order valence-corrected chi connectivity index (χ3v) is 4.75. The number of aromatic hydroxyl groups is 1. The van der Waals surface area contributed by atoms with Crippen molar-refractivity contribution in [3.8, 4) is 11.5 Å². The fourth-order valence-corrected chi connectivity index (χ4v) is 3.34. The van der Waals surface area contributed by atoms with E-state index in [1.54, 1.807) is 41.3 Å². The van der Waals surface area contributed by atoms with Gasteiger partial charge in [-0.25, -0.2) is 0 Å². The van der Waals surface area contributed by atoms with Gasteiger partial charge in [0.1, 0.15) is 23.8 Å². The number of amides is 1. The second-order valence-corrected chi connectivity index (χ2v) is 6.41. The predicted molar refractivity (Wildman–Crippen MR) is 102 cm³/mol. The zero-order chi connectivity index (χ0) is 19.2. The molecule has 0 aliphatic carbocycles. The number of phenols is 1. The van der Waals surface area contributed by atoms with Crippen LogP contribution in [0.2, 0.25) is 0 Å². The van der Waals surface area contributed by atoms with Crippen molar-refractivity contribution in [1.82, 2.24) is 9.88 Å². The summed E-state index contributed by atoms with van der Waals surface area (Å²) in [6.45, 7) is 4.61. The Morgan fingerprint density at radius 2 is 2.19 bits per heavy atom. The first kappa shape index (κ1) is 18.6. The summed E-state index contributed by atoms with van der Waals surface area (Å²) in [7, 11) is 0. The van der Waals surface area contributed by atoms with Crippen LogP contribution in [0.5, 0.6) is 11.5 Å². The first-order valence-corrected chi connectivity index (χ1v) is 8.94. The summed E-state index contributed by atoms with van der Waals surface area (Å²) < 4.78 is 5.91. The van der Waals surface area contributed by atoms with E-state index in [9.17, 15) is 14.7 Å². The molecule has 3 rings (SSSR count). The van der Waals surface area contributed by atoms with Crippen LogP contribution >= 0.6 is 0 Å². The van der Waals surface area contributed by atoms with Crippen molar-refractivity contribution in [3.63, 3.8) is 0 Å². The monoisotopic (exact) mass is 366 g/mol. The number of hydrogen-bond donors (Lipinski definition) is 1. The van der Waals surface area contributed by atoms with Crippen LogP contribution in [0.3, 0.4) is 0 Å². The highest BCUT2D eigenvalue weighted by Crippen LogP contribution is 2.29. The number of pyridine rings is 1. The molecule has 1 aliphatic rings. The van der Waals surface area contributed by atoms with Crippen LogP contribution in [-0.4, -0.2) is 46.4 Å². The average molecular weight is 366 g/mol. The number of aromatic nitrogens is 1. The molecule has 0 saturated carbocycles. The summed E-state index contributed by atoms with van der Waals surface area (Å²) in [4.78, 5) is 29.9. The van der Waals surface area contributed by atoms with Gasteiger partial charge in [0.05, 0.1) is 17.2 Å². The zero-order valence-corrected chi connectivity index (χ0v) is 15.0. The lowest BCUT2D eigenvalue weighted by Crippen LogP contribution is -2.47. The number of ether oxygens (including phenoxy) is 1. The van der Waals surface area contributed by atoms with E-state index in [4.69, 9.17) is 4.74 Å². The maximum atomic E-state index is 13.0. The summed E-state index contributed by atoms with van der Waals surface area (Å²) in [5, 5.41) is 9.92. The Morgan fingerprint density at radius 3 is 2.96 bits per heavy atom. The van der Waals surface area contributed by atoms with Crippen LogP contribution in [0.25, 0.3) is 6.08 Å². The summed E-state index contributed by atoms with van der Waals surface area (Å²) in [6, 6.07) is 8.19. The lowest BCUT2D eigenvalue weighted by atomic mass is 10.0. The molecule has 2 heterocycles. The van der Waals surface area contributed by atoms with E-state index in [0.717, 1.165) is 19.3 Å². The fraction of sp³-hybridized carbons (Fsp3) is 0.286. The molecule has 1 atom stereocenters. The second kappa shape index (κ2) is 8.49. The molecule has 1 aromatic carbocycles. The maximum Gasteiger partial charge on any atom is 0.256 e. The highest BCUT2D eigenvalue weighted by Gasteiger charge is 2.29. The van der Waals surface area contributed by atoms with Crippen LogP contribution < -0.4 is 4.74 Å². The zero-order valence-electron chi connectivity index (χ0n) is 15.0. The quantitative estimate of drug-likeness (QED) is 0.794. The number of carbonyl (C=O) groups excluding carboxylic acids is 2. The van der Waals surface area contributed by atoms with E-state index in [1.165, 1.54) is 6.20 Å². The van der Waals surface area contributed by atoms with Gasteiger partial charge in [0.25, 0.3) is 5.91 Å². The highest BCUT2D eigenvalue weighted by molar-refractivity contribution is 6.00. The summed E-state index contributed by atoms with van der Waals surface area (Å²) in [5.41, 5.74) is 0.986. The Hall–Kier alpha value is -3.15. The van der Waals surface area contributed by atoms with E-state index in [0.29, 0.717) is 36.3 Å². The molecule has 6 heteroatoms. The van der Waals surface area contributed by atoms with Crippen molar-refractivity contribution in [3.05, 3.63) is 59.9 Å². The number of likely N-dealkylation sites (tertiary alicyclic amines) is 1. The van der Waals surface area contributed by atoms with Crippen LogP contribution in [-0.2, 0) is 0 Å². The number of carbonyl (C=O) groups is 2. The van der Waals surface area contributed by atoms with E-state index in [1.807, 2.05) is 0 Å². The van der Waals surface area contributed by atoms with Gasteiger partial charge in [-0.1, -0.05) is 18.7 Å². The largest absolute Gasteiger partial charge is 0.507 e. The number of rotatable bonds is 6. The predicted octanol–water partition coefficient (Wildman–Crippen LogP) is 3.32. The van der Waals surface area contributed by atoms with Gasteiger partial charge in [0, 0.05) is 12.7 Å². The number of phenolic OH excluding ortho intramolecular Hbond substituents is 1. The minimum atomic E-state index is -0.210. The number of piperidine rings is 1. The molecule has 1 saturated heterocycles. The van der Waals surface area contributed by atoms with Gasteiger partial charge < -0.3 is 14.7 Å². The van der Waals surface area contributed by atoms with Crippen molar-refractivity contribution >= 4 is 18.3 Å². The molecule has 0 bridgehead atoms. The summed E-state index contributed by atoms with van der Waals surface area (Å²) >= 11 is 0. The maximum absolute atomic E-state index is 13.0. The van der Waals surface area contributed by atoms with E-state index >= 15 is 0 Å². The van der Waals surface area contributed by atoms with Crippen LogP contribution in [0.1, 0.15) is 45.7 Å². The first-order valence-electron chi connectivity index (χ1n) is 8.94. The molecule has 1 fully saturated rings. The highest BCUT2D eigenvalue weighted by atomic mass is 16.5. The molecule has 27 heavy (non-hydrogen) atoms. The summed E-state index contributed by atoms with van der Waals surface area (Å²) in [5.74, 6) is 0.418. The molecular formula is C21H22N2O4. The number of aldehydes is 1. The number of hydrogen-bond acceptors (Lipinski definition) is 5. The standard InChI is InChI=1S/C21H22N2O4/c1-2-16-19(25)9-5-10-20(16)27-14-15-7-3-4-12-23(15)21(26)17-8-6-11-22-18(17)13-24/h2,5-6,8-11,13,15,25H,1,3-4,7,12,14H2/t15-/m0/s1. The van der Waals surface area contributed by atoms with Crippen LogP contribution in [0.15, 0.2) is 43.1 Å². The van der Waals surface area contributed by atoms with Crippen LogP contribution in [0, 0.1) is 0 Å². The van der Waals surface area contributed by atoms with Gasteiger partial charge in [-0.2, -0.15) is 0 Å². The van der Waals surface area contributed by atoms with Crippen molar-refractivity contribution < 1.29 is 19.4 Å². The summed E-state index contributed by atoms with van der Waals surface area (Å²) in [6.07, 6.45) is 6.36. The Labute approximate surface area is 158 Å². The molecule has 6 nitrogen and oxygen atoms in total. The van der Waals surface area contributed by atoms with Gasteiger partial charge in [-0.05, 0) is 43.5 Å². The normalized spacial score (nSPS) is 16.6. The number of benzene rings is 1. The van der Waals surface area contributed by atoms with E-state index in [2.05, 4.69) is 11.6 Å². The topological polar surface area (TPSA) is 79.7 Å². The van der Waals surface area contributed by atoms with Crippen LogP contribution in [0.4, 0.5) is 0 Å². The van der Waals surface area contributed by atoms with Crippen molar-refractivity contribution in [2.24, 2.45) is 0 Å². The minimum Gasteiger partial charge on any atom is -0.507 e. The fourth-order valence-electron chi connectivity index (χ4n) is 3.34. The third kappa shape index (κ3) is 4.00. The molecule has 0 radical (unpaired) electrons. The van der Waals surface area contributed by atoms with Crippen molar-refractivity contribution in [1.29, 1.82) is 0 Å². The van der Waals surface area contributed by atoms with E-state index in [-0.39, 0.29) is 23.4 Å². The first-order chi connectivity index (χ1) is 13.2. The van der Waals surface area contributed by atoms with Gasteiger partial charge in [0.2, 0.25) is 0 Å². The van der Waals surface area contributed by atoms with Gasteiger partial charge in [-0.3, -0.25) is 14.6 Å². The second-order valence-electron chi connectivity index (χ2n) is 6.41. The smallest absolute Gasteiger partial charge is 0.256 e. The molecule has 2 aromatic rings. The Morgan fingerprint density at radius 1 is 1.33 bits per heavy atom. The lowest BCUT2D eigenvalue weighted by molar-refractivity contribution is 0.0526. The molecule has 1 amide bonds. The average Bonchev–Trinajstić information content (AvgIpc) is 2.72. The Bertz CT molecular complexity index is 850. The van der Waals surface area contributed by atoms with Gasteiger partial charge in [0.15, 0.2) is 6.29 Å². The third-order valence-electron chi connectivity index (χ3n) is 4.75. The SMILES string of the molecule is C=Cc1c(O)cccc1OC[C@@H]1CCCCN1C(=O)c1cccnc1C=O. The lowest BCUT2D eigenvalue weighted by Gasteiger charge is -2.35. The molecular weight excluding hydrogens is 344 g/mol. The van der Waals surface area contributed by atoms with Gasteiger partial charge >= 0.3 is 0 Å². The van der Waals surface area contributed by atoms with Gasteiger partial charge in [-0.15, -0.1) is 0 Å². The van der Waals surface area contributed by atoms with Crippen molar-refractivity contribution in [2.45, 2.75) is 25.3 Å².